The van der Waals surface area contributed by atoms with Crippen molar-refractivity contribution in [2.45, 2.75) is 6.42 Å². The first kappa shape index (κ1) is 16.9. The van der Waals surface area contributed by atoms with Crippen LogP contribution < -0.4 is 15.2 Å². The normalized spacial score (nSPS) is 13.6. The monoisotopic (exact) mass is 338 g/mol. The molecule has 5 nitrogen and oxygen atoms in total. The van der Waals surface area contributed by atoms with Crippen molar-refractivity contribution in [3.63, 3.8) is 0 Å². The molecule has 0 fully saturated rings. The molecular weight excluding hydrogens is 316 g/mol. The number of Topliss-reactive ketones (excluding diaryl/α,β-unsaturated/α-hetero) is 1. The fourth-order valence-electron chi connectivity index (χ4n) is 3.02. The van der Waals surface area contributed by atoms with Crippen LogP contribution in [-0.2, 0) is 6.42 Å². The third-order valence-corrected chi connectivity index (χ3v) is 4.45. The van der Waals surface area contributed by atoms with E-state index in [9.17, 15) is 4.79 Å². The molecule has 130 valence electrons. The molecule has 5 heteroatoms. The van der Waals surface area contributed by atoms with E-state index in [0.717, 1.165) is 24.1 Å². The molecule has 25 heavy (non-hydrogen) atoms. The maximum absolute atomic E-state index is 13.0. The maximum Gasteiger partial charge on any atom is 0.209 e. The van der Waals surface area contributed by atoms with Crippen molar-refractivity contribution in [3.8, 4) is 11.5 Å². The summed E-state index contributed by atoms with van der Waals surface area (Å²) in [5.41, 5.74) is 9.71. The number of carbonyl (C=O) groups is 1. The Bertz CT molecular complexity index is 843. The van der Waals surface area contributed by atoms with Gasteiger partial charge < -0.3 is 20.1 Å². The number of nitrogens with zero attached hydrogens (tertiary/aromatic N) is 1. The van der Waals surface area contributed by atoms with E-state index >= 15 is 0 Å². The highest BCUT2D eigenvalue weighted by Gasteiger charge is 2.21. The molecule has 3 rings (SSSR count). The van der Waals surface area contributed by atoms with Crippen LogP contribution >= 0.6 is 0 Å². The molecule has 1 heterocycles. The van der Waals surface area contributed by atoms with Gasteiger partial charge in [0.05, 0.1) is 19.9 Å². The summed E-state index contributed by atoms with van der Waals surface area (Å²) in [4.78, 5) is 15.0. The second kappa shape index (κ2) is 6.89. The molecule has 1 aliphatic rings. The van der Waals surface area contributed by atoms with Gasteiger partial charge >= 0.3 is 0 Å². The smallest absolute Gasteiger partial charge is 0.209 e. The van der Waals surface area contributed by atoms with Crippen molar-refractivity contribution in [2.75, 3.05) is 33.5 Å². The van der Waals surface area contributed by atoms with Crippen molar-refractivity contribution in [1.82, 2.24) is 4.90 Å². The number of carbonyl (C=O) groups excluding carboxylic acids is 1. The molecule has 1 aliphatic heterocycles. The fraction of sp³-hybridized carbons (Fsp3) is 0.250. The molecule has 0 saturated carbocycles. The molecule has 0 aliphatic carbocycles. The zero-order chi connectivity index (χ0) is 18.0. The van der Waals surface area contributed by atoms with Crippen molar-refractivity contribution in [1.29, 1.82) is 0 Å². The van der Waals surface area contributed by atoms with Gasteiger partial charge in [-0.1, -0.05) is 12.1 Å². The van der Waals surface area contributed by atoms with E-state index < -0.39 is 0 Å². The Labute approximate surface area is 147 Å². The fourth-order valence-corrected chi connectivity index (χ4v) is 3.02. The summed E-state index contributed by atoms with van der Waals surface area (Å²) in [5.74, 6) is 1.30. The molecular formula is C20H22N2O3. The quantitative estimate of drug-likeness (QED) is 0.686. The average molecular weight is 338 g/mol. The van der Waals surface area contributed by atoms with Crippen LogP contribution in [0.3, 0.4) is 0 Å². The third kappa shape index (κ3) is 3.31. The molecule has 2 aromatic carbocycles. The number of hydrogen-bond donors (Lipinski definition) is 1. The highest BCUT2D eigenvalue weighted by Crippen LogP contribution is 2.34. The average Bonchev–Trinajstić information content (AvgIpc) is 2.78. The van der Waals surface area contributed by atoms with Crippen LogP contribution in [0.2, 0.25) is 0 Å². The van der Waals surface area contributed by atoms with Gasteiger partial charge in [0.15, 0.2) is 11.5 Å². The van der Waals surface area contributed by atoms with Gasteiger partial charge in [-0.25, -0.2) is 0 Å². The molecule has 0 spiro atoms. The van der Waals surface area contributed by atoms with Crippen LogP contribution in [0.1, 0.15) is 21.5 Å². The second-order valence-electron chi connectivity index (χ2n) is 6.06. The summed E-state index contributed by atoms with van der Waals surface area (Å²) in [6, 6.07) is 11.0. The van der Waals surface area contributed by atoms with Crippen LogP contribution in [0.4, 0.5) is 5.69 Å². The van der Waals surface area contributed by atoms with Gasteiger partial charge in [0.1, 0.15) is 0 Å². The van der Waals surface area contributed by atoms with Crippen LogP contribution in [-0.4, -0.2) is 38.5 Å². The summed E-state index contributed by atoms with van der Waals surface area (Å²) in [7, 11) is 5.16. The Morgan fingerprint density at radius 1 is 1.12 bits per heavy atom. The third-order valence-electron chi connectivity index (χ3n) is 4.45. The number of benzene rings is 2. The Hall–Kier alpha value is -2.95. The SMILES string of the molecule is COc1cc2c(cc1OC)CCN(C)C(C(=O)c1cccc(N)c1)=C2. The molecule has 0 saturated heterocycles. The summed E-state index contributed by atoms with van der Waals surface area (Å²) < 4.78 is 10.8. The second-order valence-corrected chi connectivity index (χ2v) is 6.06. The Balaban J connectivity index is 2.07. The number of ketones is 1. The first-order chi connectivity index (χ1) is 12.0. The maximum atomic E-state index is 13.0. The van der Waals surface area contributed by atoms with E-state index in [-0.39, 0.29) is 5.78 Å². The van der Waals surface area contributed by atoms with E-state index in [0.29, 0.717) is 28.4 Å². The van der Waals surface area contributed by atoms with Crippen molar-refractivity contribution >= 4 is 17.5 Å². The lowest BCUT2D eigenvalue weighted by Gasteiger charge is -2.19. The first-order valence-electron chi connectivity index (χ1n) is 8.11. The minimum Gasteiger partial charge on any atom is -0.493 e. The molecule has 0 aromatic heterocycles. The number of nitrogen functional groups attached to an aromatic ring is 1. The van der Waals surface area contributed by atoms with E-state index in [1.807, 2.05) is 30.2 Å². The highest BCUT2D eigenvalue weighted by atomic mass is 16.5. The summed E-state index contributed by atoms with van der Waals surface area (Å²) in [6.45, 7) is 0.738. The largest absolute Gasteiger partial charge is 0.493 e. The van der Waals surface area contributed by atoms with Gasteiger partial charge in [0.2, 0.25) is 5.78 Å². The van der Waals surface area contributed by atoms with Crippen LogP contribution in [0.5, 0.6) is 11.5 Å². The van der Waals surface area contributed by atoms with Crippen molar-refractivity contribution in [2.24, 2.45) is 0 Å². The van der Waals surface area contributed by atoms with Crippen LogP contribution in [0, 0.1) is 0 Å². The van der Waals surface area contributed by atoms with Crippen molar-refractivity contribution < 1.29 is 14.3 Å². The summed E-state index contributed by atoms with van der Waals surface area (Å²) in [6.07, 6.45) is 2.73. The number of likely N-dealkylation sites (N-methyl/N-ethyl adjacent to an activating group) is 1. The molecule has 2 N–H and O–H groups in total. The molecule has 0 radical (unpaired) electrons. The lowest BCUT2D eigenvalue weighted by molar-refractivity contribution is 0.100. The number of methoxy groups -OCH3 is 2. The Morgan fingerprint density at radius 2 is 1.84 bits per heavy atom. The van der Waals surface area contributed by atoms with Crippen LogP contribution in [0.15, 0.2) is 42.1 Å². The van der Waals surface area contributed by atoms with Gasteiger partial charge in [0.25, 0.3) is 0 Å². The number of allylic oxidation sites excluding steroid dienone is 1. The Kier molecular flexibility index (Phi) is 4.65. The topological polar surface area (TPSA) is 64.8 Å². The van der Waals surface area contributed by atoms with Gasteiger partial charge in [-0.15, -0.1) is 0 Å². The number of nitrogens with two attached hydrogens (primary N) is 1. The minimum atomic E-state index is -0.0440. The Morgan fingerprint density at radius 3 is 2.52 bits per heavy atom. The molecule has 0 bridgehead atoms. The summed E-state index contributed by atoms with van der Waals surface area (Å²) in [5, 5.41) is 0. The highest BCUT2D eigenvalue weighted by molar-refractivity contribution is 6.11. The first-order valence-corrected chi connectivity index (χ1v) is 8.11. The zero-order valence-electron chi connectivity index (χ0n) is 14.7. The minimum absolute atomic E-state index is 0.0440. The van der Waals surface area contributed by atoms with Crippen LogP contribution in [0.25, 0.3) is 6.08 Å². The van der Waals surface area contributed by atoms with E-state index in [4.69, 9.17) is 15.2 Å². The predicted molar refractivity (Wildman–Crippen MR) is 99.0 cm³/mol. The van der Waals surface area contributed by atoms with Gasteiger partial charge in [-0.2, -0.15) is 0 Å². The lowest BCUT2D eigenvalue weighted by Crippen LogP contribution is -2.24. The van der Waals surface area contributed by atoms with Gasteiger partial charge in [0, 0.05) is 24.8 Å². The lowest BCUT2D eigenvalue weighted by atomic mass is 10.0. The number of rotatable bonds is 4. The molecule has 2 aromatic rings. The van der Waals surface area contributed by atoms with E-state index in [2.05, 4.69) is 0 Å². The number of fused-ring (bicyclic) bond motifs is 1. The van der Waals surface area contributed by atoms with Gasteiger partial charge in [-0.05, 0) is 47.9 Å². The van der Waals surface area contributed by atoms with Crippen molar-refractivity contribution in [3.05, 3.63) is 58.8 Å². The summed E-state index contributed by atoms with van der Waals surface area (Å²) >= 11 is 0. The number of ether oxygens (including phenoxy) is 2. The van der Waals surface area contributed by atoms with E-state index in [1.165, 1.54) is 0 Å². The molecule has 0 atom stereocenters. The van der Waals surface area contributed by atoms with E-state index in [1.54, 1.807) is 38.5 Å². The molecule has 0 amide bonds. The predicted octanol–water partition coefficient (Wildman–Crippen LogP) is 3.00. The number of hydrogen-bond acceptors (Lipinski definition) is 5. The number of anilines is 1. The van der Waals surface area contributed by atoms with Gasteiger partial charge in [-0.3, -0.25) is 4.79 Å². The molecule has 0 unspecified atom stereocenters. The standard InChI is InChI=1S/C20H22N2O3/c1-22-8-7-13-11-18(24-2)19(25-3)12-15(13)10-17(22)20(23)14-5-4-6-16(21)9-14/h4-6,9-12H,7-8,21H2,1-3H3. The zero-order valence-corrected chi connectivity index (χ0v) is 14.7.